The van der Waals surface area contributed by atoms with Crippen LogP contribution in [-0.4, -0.2) is 34.4 Å². The molecule has 2 aromatic rings. The molecule has 1 aliphatic rings. The summed E-state index contributed by atoms with van der Waals surface area (Å²) >= 11 is 0. The summed E-state index contributed by atoms with van der Waals surface area (Å²) in [6, 6.07) is 8.21. The fraction of sp³-hybridized carbons (Fsp3) is 0.696. The monoisotopic (exact) mass is 721 g/mol. The van der Waals surface area contributed by atoms with Crippen molar-refractivity contribution in [1.82, 2.24) is 0 Å². The van der Waals surface area contributed by atoms with Crippen molar-refractivity contribution in [3.05, 3.63) is 57.6 Å². The van der Waals surface area contributed by atoms with Crippen molar-refractivity contribution in [2.75, 3.05) is 0 Å². The van der Waals surface area contributed by atoms with E-state index < -0.39 is 23.0 Å². The predicted octanol–water partition coefficient (Wildman–Crippen LogP) is 11.4. The number of hydrogen-bond donors (Lipinski definition) is 2. The van der Waals surface area contributed by atoms with Gasteiger partial charge in [0.2, 0.25) is 0 Å². The van der Waals surface area contributed by atoms with Gasteiger partial charge in [-0.05, 0) is 82.7 Å². The van der Waals surface area contributed by atoms with E-state index in [2.05, 4.69) is 67.5 Å². The topological polar surface area (TPSA) is 93.1 Å². The summed E-state index contributed by atoms with van der Waals surface area (Å²) in [4.78, 5) is 26.6. The second-order valence-electron chi connectivity index (χ2n) is 18.8. The Morgan fingerprint density at radius 1 is 0.577 bits per heavy atom. The lowest BCUT2D eigenvalue weighted by Gasteiger charge is -2.61. The summed E-state index contributed by atoms with van der Waals surface area (Å²) in [6.07, 6.45) is 11.4. The maximum Gasteiger partial charge on any atom is 0.306 e. The molecule has 0 aliphatic heterocycles. The van der Waals surface area contributed by atoms with E-state index in [1.54, 1.807) is 0 Å². The van der Waals surface area contributed by atoms with Crippen LogP contribution in [0.25, 0.3) is 0 Å². The number of carbonyl (C=O) groups excluding carboxylic acids is 2. The van der Waals surface area contributed by atoms with E-state index in [4.69, 9.17) is 9.47 Å². The molecule has 6 nitrogen and oxygen atoms in total. The Kier molecular flexibility index (Phi) is 14.9. The molecule has 0 aromatic heterocycles. The molecular weight excluding hydrogens is 649 g/mol. The van der Waals surface area contributed by atoms with Gasteiger partial charge in [-0.1, -0.05) is 146 Å². The molecule has 0 unspecified atom stereocenters. The highest BCUT2D eigenvalue weighted by molar-refractivity contribution is 5.71. The van der Waals surface area contributed by atoms with Crippen LogP contribution >= 0.6 is 0 Å². The highest BCUT2D eigenvalue weighted by atomic mass is 16.6. The number of rotatable bonds is 18. The zero-order valence-corrected chi connectivity index (χ0v) is 34.9. The molecule has 3 rings (SSSR count). The Morgan fingerprint density at radius 3 is 1.23 bits per heavy atom. The van der Waals surface area contributed by atoms with Crippen LogP contribution in [0.1, 0.15) is 181 Å². The van der Waals surface area contributed by atoms with E-state index >= 15 is 0 Å². The van der Waals surface area contributed by atoms with Gasteiger partial charge in [0.1, 0.15) is 23.7 Å². The molecule has 0 saturated heterocycles. The van der Waals surface area contributed by atoms with Crippen molar-refractivity contribution >= 4 is 11.9 Å². The van der Waals surface area contributed by atoms with E-state index in [0.29, 0.717) is 24.3 Å². The van der Waals surface area contributed by atoms with Crippen LogP contribution in [0.3, 0.4) is 0 Å². The number of phenolic OH excluding ortho intramolecular Hbond substituents is 2. The molecule has 0 atom stereocenters. The molecule has 52 heavy (non-hydrogen) atoms. The van der Waals surface area contributed by atoms with Gasteiger partial charge in [0.25, 0.3) is 0 Å². The number of aromatic hydroxyl groups is 2. The zero-order chi connectivity index (χ0) is 39.1. The summed E-state index contributed by atoms with van der Waals surface area (Å²) in [5.41, 5.74) is 4.30. The Hall–Kier alpha value is -3.02. The Balaban J connectivity index is 1.63. The fourth-order valence-corrected chi connectivity index (χ4v) is 8.40. The summed E-state index contributed by atoms with van der Waals surface area (Å²) in [5, 5.41) is 22.2. The SMILES string of the molecule is CCCCCCc1cc(CCC(=O)OC2C(C)(C)C(OC(=O)CCc3cc(CCCCCC)c(O)c(C(C)(C)C)c3)C2(C)C)cc(C(C)(C)C)c1O. The van der Waals surface area contributed by atoms with Crippen LogP contribution < -0.4 is 0 Å². The number of unbranched alkanes of at least 4 members (excludes halogenated alkanes) is 6. The van der Waals surface area contributed by atoms with Gasteiger partial charge >= 0.3 is 11.9 Å². The molecule has 0 bridgehead atoms. The van der Waals surface area contributed by atoms with Gasteiger partial charge in [-0.2, -0.15) is 0 Å². The Morgan fingerprint density at radius 2 is 0.923 bits per heavy atom. The minimum Gasteiger partial charge on any atom is -0.507 e. The summed E-state index contributed by atoms with van der Waals surface area (Å²) in [7, 11) is 0. The van der Waals surface area contributed by atoms with E-state index in [-0.39, 0.29) is 35.6 Å². The highest BCUT2D eigenvalue weighted by Gasteiger charge is 2.66. The number of phenols is 2. The van der Waals surface area contributed by atoms with Crippen molar-refractivity contribution in [2.45, 2.75) is 196 Å². The Labute approximate surface area is 316 Å². The first kappa shape index (κ1) is 43.4. The smallest absolute Gasteiger partial charge is 0.306 e. The maximum atomic E-state index is 13.3. The number of aryl methyl sites for hydroxylation is 4. The molecule has 0 spiro atoms. The van der Waals surface area contributed by atoms with Crippen LogP contribution in [0.5, 0.6) is 11.5 Å². The molecule has 0 radical (unpaired) electrons. The number of esters is 2. The highest BCUT2D eigenvalue weighted by Crippen LogP contribution is 2.57. The molecule has 292 valence electrons. The minimum absolute atomic E-state index is 0.221. The Bertz CT molecular complexity index is 1380. The predicted molar refractivity (Wildman–Crippen MR) is 213 cm³/mol. The maximum absolute atomic E-state index is 13.3. The van der Waals surface area contributed by atoms with Crippen LogP contribution in [0.4, 0.5) is 0 Å². The van der Waals surface area contributed by atoms with Gasteiger partial charge in [0.05, 0.1) is 0 Å². The first-order valence-corrected chi connectivity index (χ1v) is 20.2. The molecule has 1 aliphatic carbocycles. The third-order valence-corrected chi connectivity index (χ3v) is 11.1. The summed E-state index contributed by atoms with van der Waals surface area (Å²) < 4.78 is 12.3. The van der Waals surface area contributed by atoms with Gasteiger partial charge in [-0.3, -0.25) is 9.59 Å². The van der Waals surface area contributed by atoms with Gasteiger partial charge in [0, 0.05) is 23.7 Å². The quantitative estimate of drug-likeness (QED) is 0.118. The van der Waals surface area contributed by atoms with Gasteiger partial charge < -0.3 is 19.7 Å². The third-order valence-electron chi connectivity index (χ3n) is 11.1. The summed E-state index contributed by atoms with van der Waals surface area (Å²) in [5.74, 6) is 0.236. The zero-order valence-electron chi connectivity index (χ0n) is 34.9. The largest absolute Gasteiger partial charge is 0.507 e. The van der Waals surface area contributed by atoms with Crippen molar-refractivity contribution in [2.24, 2.45) is 10.8 Å². The molecule has 0 heterocycles. The molecule has 1 fully saturated rings. The number of ether oxygens (including phenoxy) is 2. The molecular formula is C46H72O6. The van der Waals surface area contributed by atoms with E-state index in [9.17, 15) is 19.8 Å². The molecule has 6 heteroatoms. The average Bonchev–Trinajstić information content (AvgIpc) is 3.05. The number of carbonyl (C=O) groups is 2. The van der Waals surface area contributed by atoms with Crippen molar-refractivity contribution in [3.63, 3.8) is 0 Å². The van der Waals surface area contributed by atoms with Crippen LogP contribution in [0, 0.1) is 10.8 Å². The van der Waals surface area contributed by atoms with Crippen LogP contribution in [0.15, 0.2) is 24.3 Å². The van der Waals surface area contributed by atoms with Crippen LogP contribution in [-0.2, 0) is 55.6 Å². The van der Waals surface area contributed by atoms with E-state index in [1.165, 1.54) is 25.7 Å². The van der Waals surface area contributed by atoms with Gasteiger partial charge in [-0.25, -0.2) is 0 Å². The van der Waals surface area contributed by atoms with Crippen molar-refractivity contribution in [1.29, 1.82) is 0 Å². The lowest BCUT2D eigenvalue weighted by Crippen LogP contribution is -2.69. The van der Waals surface area contributed by atoms with Gasteiger partial charge in [0.15, 0.2) is 0 Å². The second-order valence-corrected chi connectivity index (χ2v) is 18.8. The standard InChI is InChI=1S/C46H72O6/c1-13-15-17-19-21-33-27-31(29-35(39(33)49)43(3,4)5)23-25-37(47)51-41-45(9,10)42(46(41,11)12)52-38(48)26-24-32-28-34(22-20-18-16-14-2)40(50)36(30-32)44(6,7)8/h27-30,41-42,49-50H,13-26H2,1-12H3. The first-order valence-electron chi connectivity index (χ1n) is 20.2. The van der Waals surface area contributed by atoms with Crippen molar-refractivity contribution in [3.8, 4) is 11.5 Å². The minimum atomic E-state index is -0.540. The average molecular weight is 721 g/mol. The van der Waals surface area contributed by atoms with Crippen molar-refractivity contribution < 1.29 is 29.3 Å². The second kappa shape index (κ2) is 17.9. The lowest BCUT2D eigenvalue weighted by molar-refractivity contribution is -0.267. The van der Waals surface area contributed by atoms with E-state index in [0.717, 1.165) is 71.9 Å². The van der Waals surface area contributed by atoms with Crippen LogP contribution in [0.2, 0.25) is 0 Å². The lowest BCUT2D eigenvalue weighted by atomic mass is 9.51. The number of hydrogen-bond acceptors (Lipinski definition) is 6. The third kappa shape index (κ3) is 11.0. The fourth-order valence-electron chi connectivity index (χ4n) is 8.40. The summed E-state index contributed by atoms with van der Waals surface area (Å²) in [6.45, 7) is 25.1. The van der Waals surface area contributed by atoms with Gasteiger partial charge in [-0.15, -0.1) is 0 Å². The van der Waals surface area contributed by atoms with E-state index in [1.807, 2.05) is 39.8 Å². The number of benzene rings is 2. The molecule has 0 amide bonds. The normalized spacial score (nSPS) is 18.2. The molecule has 2 N–H and O–H groups in total. The first-order chi connectivity index (χ1) is 24.1. The molecule has 2 aromatic carbocycles. The molecule has 1 saturated carbocycles.